The lowest BCUT2D eigenvalue weighted by Gasteiger charge is -2.53. The molecule has 2 aromatic rings. The average Bonchev–Trinajstić information content (AvgIpc) is 4.18. The van der Waals surface area contributed by atoms with Crippen LogP contribution in [-0.4, -0.2) is 89.1 Å². The first-order valence-corrected chi connectivity index (χ1v) is 22.6. The van der Waals surface area contributed by atoms with Gasteiger partial charge in [-0.25, -0.2) is 0 Å². The highest BCUT2D eigenvalue weighted by Gasteiger charge is 2.78. The third-order valence-electron chi connectivity index (χ3n) is 16.1. The zero-order valence-corrected chi connectivity index (χ0v) is 35.0. The van der Waals surface area contributed by atoms with E-state index in [0.29, 0.717) is 28.9 Å². The third kappa shape index (κ3) is 6.33. The van der Waals surface area contributed by atoms with E-state index in [9.17, 15) is 14.7 Å². The number of nitrogens with zero attached hydrogens (tertiary/aromatic N) is 1. The molecule has 4 saturated heterocycles. The molecule has 12 nitrogen and oxygen atoms in total. The molecule has 11 rings (SSSR count). The van der Waals surface area contributed by atoms with Crippen LogP contribution >= 0.6 is 0 Å². The van der Waals surface area contributed by atoms with Crippen molar-refractivity contribution in [2.24, 2.45) is 34.5 Å². The normalized spacial score (nSPS) is 38.9. The molecular weight excluding hydrogens is 763 g/mol. The molecule has 9 aliphatic rings. The minimum Gasteiger partial charge on any atom is -0.458 e. The van der Waals surface area contributed by atoms with Crippen molar-refractivity contribution in [1.82, 2.24) is 15.7 Å². The molecule has 10 atom stereocenters. The van der Waals surface area contributed by atoms with Gasteiger partial charge in [0, 0.05) is 36.9 Å². The number of amides is 2. The highest BCUT2D eigenvalue weighted by atomic mass is 16.8. The molecule has 2 amide bonds. The van der Waals surface area contributed by atoms with Crippen molar-refractivity contribution < 1.29 is 43.3 Å². The molecule has 4 aliphatic heterocycles. The predicted molar refractivity (Wildman–Crippen MR) is 218 cm³/mol. The molecule has 1 unspecified atom stereocenters. The number of hydrogen-bond acceptors (Lipinski definition) is 10. The first-order valence-electron chi connectivity index (χ1n) is 22.6. The fourth-order valence-electron chi connectivity index (χ4n) is 12.5. The van der Waals surface area contributed by atoms with Crippen LogP contribution in [0.1, 0.15) is 112 Å². The van der Waals surface area contributed by atoms with E-state index >= 15 is 4.79 Å². The van der Waals surface area contributed by atoms with Gasteiger partial charge in [-0.05, 0) is 111 Å². The van der Waals surface area contributed by atoms with E-state index in [1.165, 1.54) is 18.4 Å². The van der Waals surface area contributed by atoms with E-state index in [-0.39, 0.29) is 61.9 Å². The second-order valence-corrected chi connectivity index (χ2v) is 20.3. The Bertz CT molecular complexity index is 2100. The zero-order valence-electron chi connectivity index (χ0n) is 35.0. The topological polar surface area (TPSA) is 148 Å². The summed E-state index contributed by atoms with van der Waals surface area (Å²) in [6.45, 7) is 7.51. The molecule has 3 N–H and O–H groups in total. The molecule has 0 spiro atoms. The lowest BCUT2D eigenvalue weighted by Crippen LogP contribution is -2.69. The predicted octanol–water partition coefficient (Wildman–Crippen LogP) is 5.60. The van der Waals surface area contributed by atoms with E-state index < -0.39 is 47.6 Å². The van der Waals surface area contributed by atoms with Crippen LogP contribution in [0.4, 0.5) is 0 Å². The summed E-state index contributed by atoms with van der Waals surface area (Å²) >= 11 is 0. The zero-order chi connectivity index (χ0) is 41.2. The summed E-state index contributed by atoms with van der Waals surface area (Å²) in [6.07, 6.45) is 9.99. The number of carbonyl (C=O) groups is 3. The van der Waals surface area contributed by atoms with Gasteiger partial charge in [0.2, 0.25) is 5.91 Å². The van der Waals surface area contributed by atoms with Gasteiger partial charge in [0.1, 0.15) is 29.8 Å². The number of fused-ring (bicyclic) bond motifs is 6. The Morgan fingerprint density at radius 1 is 0.917 bits per heavy atom. The van der Waals surface area contributed by atoms with Gasteiger partial charge in [0.25, 0.3) is 5.91 Å². The maximum atomic E-state index is 15.1. The Kier molecular flexibility index (Phi) is 9.27. The molecule has 5 saturated carbocycles. The number of esters is 1. The van der Waals surface area contributed by atoms with Gasteiger partial charge in [0.05, 0.1) is 24.9 Å². The Morgan fingerprint density at radius 3 is 2.47 bits per heavy atom. The van der Waals surface area contributed by atoms with E-state index in [1.54, 1.807) is 23.3 Å². The summed E-state index contributed by atoms with van der Waals surface area (Å²) in [5.74, 6) is -0.135. The lowest BCUT2D eigenvalue weighted by atomic mass is 9.52. The quantitative estimate of drug-likeness (QED) is 0.193. The number of carbonyl (C=O) groups excluding carboxylic acids is 3. The van der Waals surface area contributed by atoms with Crippen molar-refractivity contribution in [2.75, 3.05) is 13.2 Å². The first-order chi connectivity index (χ1) is 28.9. The summed E-state index contributed by atoms with van der Waals surface area (Å²) in [5.41, 5.74) is 3.73. The number of ether oxygens (including phenoxy) is 4. The molecule has 0 aromatic heterocycles. The molecule has 5 aliphatic carbocycles. The van der Waals surface area contributed by atoms with E-state index in [4.69, 9.17) is 23.8 Å². The number of rotatable bonds is 11. The SMILES string of the molecule is CC1(C)C[C@@H]2C(=Cc3ccccc3CN3O[C@@H]4[C@H]5OC(C6CC6)(C6CC6)O[C@H]5[C@@H]5C[C@]4(C(=O)NCc4cccc(C(=O)NCCO)c4)[C@@H]3C(=O)O5)CCC3O[C@]3(C)CC[C@H]21. The maximum absolute atomic E-state index is 15.1. The fraction of sp³-hybridized carbons (Fsp3) is 0.646. The highest BCUT2D eigenvalue weighted by molar-refractivity contribution is 5.95. The van der Waals surface area contributed by atoms with Crippen LogP contribution in [0.15, 0.2) is 54.1 Å². The highest BCUT2D eigenvalue weighted by Crippen LogP contribution is 2.64. The summed E-state index contributed by atoms with van der Waals surface area (Å²) < 4.78 is 26.6. The number of aliphatic hydroxyl groups is 1. The number of benzene rings is 2. The molecule has 320 valence electrons. The van der Waals surface area contributed by atoms with Crippen LogP contribution in [0.3, 0.4) is 0 Å². The van der Waals surface area contributed by atoms with Crippen molar-refractivity contribution in [2.45, 2.75) is 146 Å². The third-order valence-corrected chi connectivity index (χ3v) is 16.1. The van der Waals surface area contributed by atoms with Crippen LogP contribution in [0.2, 0.25) is 0 Å². The second kappa shape index (κ2) is 14.2. The number of hydrogen-bond donors (Lipinski definition) is 3. The van der Waals surface area contributed by atoms with Gasteiger partial charge in [-0.15, -0.1) is 0 Å². The Balaban J connectivity index is 0.914. The molecule has 4 heterocycles. The van der Waals surface area contributed by atoms with Crippen molar-refractivity contribution in [3.8, 4) is 0 Å². The van der Waals surface area contributed by atoms with Crippen molar-refractivity contribution in [3.63, 3.8) is 0 Å². The van der Waals surface area contributed by atoms with E-state index in [1.807, 2.05) is 12.1 Å². The van der Waals surface area contributed by atoms with Crippen LogP contribution < -0.4 is 10.6 Å². The molecule has 2 bridgehead atoms. The summed E-state index contributed by atoms with van der Waals surface area (Å²) in [6, 6.07) is 14.4. The number of nitrogens with one attached hydrogen (secondary N) is 2. The van der Waals surface area contributed by atoms with Gasteiger partial charge in [-0.3, -0.25) is 19.2 Å². The summed E-state index contributed by atoms with van der Waals surface area (Å²) in [5, 5.41) is 16.8. The van der Waals surface area contributed by atoms with E-state index in [0.717, 1.165) is 61.6 Å². The first kappa shape index (κ1) is 39.2. The summed E-state index contributed by atoms with van der Waals surface area (Å²) in [4.78, 5) is 49.3. The molecule has 2 aromatic carbocycles. The molecule has 9 fully saturated rings. The standard InChI is InChI=1S/C48H59N3O9/c1-45(2)23-34-29(11-16-37-46(3,57-37)18-17-35(34)45)22-28-8-4-5-9-31(28)26-51-40-43(54)56-36-24-47(40,44(55)50-25-27-7-6-10-30(21-27)42(53)49-19-20-52)41(60-51)39-38(36)58-48(59-39,32-12-13-32)33-14-15-33/h4-10,21-22,32-41,52H,11-20,23-26H2,1-3H3,(H,49,53)(H,50,55)/t34-,35-,36+,37?,38+,39+,40+,41-,46-,47+/m1/s1. The monoisotopic (exact) mass is 821 g/mol. The molecule has 60 heavy (non-hydrogen) atoms. The fourth-order valence-corrected chi connectivity index (χ4v) is 12.5. The van der Waals surface area contributed by atoms with Crippen molar-refractivity contribution in [3.05, 3.63) is 76.4 Å². The molecule has 12 heteroatoms. The van der Waals surface area contributed by atoms with Crippen LogP contribution in [-0.2, 0) is 46.5 Å². The number of hydroxylamine groups is 2. The number of allylic oxidation sites excluding steroid dienone is 1. The number of aliphatic hydroxyl groups excluding tert-OH is 1. The minimum absolute atomic E-state index is 0.00849. The summed E-state index contributed by atoms with van der Waals surface area (Å²) in [7, 11) is 0. The Morgan fingerprint density at radius 2 is 1.70 bits per heavy atom. The van der Waals surface area contributed by atoms with Crippen LogP contribution in [0, 0.1) is 34.5 Å². The van der Waals surface area contributed by atoms with Gasteiger partial charge in [0.15, 0.2) is 11.8 Å². The minimum atomic E-state index is -1.31. The van der Waals surface area contributed by atoms with Gasteiger partial charge in [-0.2, -0.15) is 5.06 Å². The van der Waals surface area contributed by atoms with Crippen LogP contribution in [0.25, 0.3) is 6.08 Å². The lowest BCUT2D eigenvalue weighted by molar-refractivity contribution is -0.235. The van der Waals surface area contributed by atoms with Crippen LogP contribution in [0.5, 0.6) is 0 Å². The van der Waals surface area contributed by atoms with Crippen molar-refractivity contribution >= 4 is 23.9 Å². The van der Waals surface area contributed by atoms with Gasteiger partial charge >= 0.3 is 5.97 Å². The molecular formula is C48H59N3O9. The Labute approximate surface area is 352 Å². The smallest absolute Gasteiger partial charge is 0.327 e. The maximum Gasteiger partial charge on any atom is 0.327 e. The number of epoxide rings is 1. The Hall–Kier alpha value is -3.65. The van der Waals surface area contributed by atoms with Gasteiger partial charge in [-0.1, -0.05) is 61.9 Å². The second-order valence-electron chi connectivity index (χ2n) is 20.3. The van der Waals surface area contributed by atoms with Gasteiger partial charge < -0.3 is 34.7 Å². The van der Waals surface area contributed by atoms with E-state index in [2.05, 4.69) is 55.7 Å². The largest absolute Gasteiger partial charge is 0.458 e. The van der Waals surface area contributed by atoms with Crippen molar-refractivity contribution in [1.29, 1.82) is 0 Å². The average molecular weight is 822 g/mol. The molecule has 0 radical (unpaired) electrons.